The highest BCUT2D eigenvalue weighted by Crippen LogP contribution is 2.31. The van der Waals surface area contributed by atoms with Crippen LogP contribution in [0.15, 0.2) is 30.3 Å². The van der Waals surface area contributed by atoms with E-state index in [-0.39, 0.29) is 11.8 Å². The lowest BCUT2D eigenvalue weighted by Gasteiger charge is -2.33. The van der Waals surface area contributed by atoms with Crippen LogP contribution in [0, 0.1) is 11.8 Å². The van der Waals surface area contributed by atoms with E-state index in [1.807, 2.05) is 30.3 Å². The molecule has 1 aliphatic heterocycles. The molecule has 2 fully saturated rings. The SMILES string of the molecule is O=CN(C[C@@H](CC1CCCC1)C(=O)N1CCCCN1)OCc1ccccc1. The van der Waals surface area contributed by atoms with Crippen molar-refractivity contribution >= 4 is 12.3 Å². The Kier molecular flexibility index (Phi) is 7.66. The van der Waals surface area contributed by atoms with Crippen LogP contribution in [0.3, 0.4) is 0 Å². The zero-order valence-corrected chi connectivity index (χ0v) is 16.0. The van der Waals surface area contributed by atoms with Crippen LogP contribution < -0.4 is 5.43 Å². The van der Waals surface area contributed by atoms with Crippen LogP contribution in [0.25, 0.3) is 0 Å². The van der Waals surface area contributed by atoms with Crippen molar-refractivity contribution in [1.82, 2.24) is 15.5 Å². The Balaban J connectivity index is 1.60. The Bertz CT molecular complexity index is 584. The molecule has 1 aromatic rings. The fourth-order valence-electron chi connectivity index (χ4n) is 4.07. The van der Waals surface area contributed by atoms with Gasteiger partial charge in [0.1, 0.15) is 6.61 Å². The van der Waals surface area contributed by atoms with E-state index >= 15 is 0 Å². The Morgan fingerprint density at radius 3 is 2.67 bits per heavy atom. The minimum atomic E-state index is -0.223. The van der Waals surface area contributed by atoms with E-state index < -0.39 is 0 Å². The van der Waals surface area contributed by atoms with E-state index in [9.17, 15) is 9.59 Å². The lowest BCUT2D eigenvalue weighted by Crippen LogP contribution is -2.51. The second-order valence-corrected chi connectivity index (χ2v) is 7.65. The van der Waals surface area contributed by atoms with Crippen molar-refractivity contribution in [2.24, 2.45) is 11.8 Å². The smallest absolute Gasteiger partial charge is 0.241 e. The van der Waals surface area contributed by atoms with Crippen LogP contribution in [0.4, 0.5) is 0 Å². The van der Waals surface area contributed by atoms with Gasteiger partial charge in [0.25, 0.3) is 0 Å². The standard InChI is InChI=1S/C21H31N3O3/c25-17-23(27-16-19-10-2-1-3-11-19)15-20(14-18-8-4-5-9-18)21(26)24-13-7-6-12-22-24/h1-3,10-11,17-18,20,22H,4-9,12-16H2/t20-/m1/s1. The monoisotopic (exact) mass is 373 g/mol. The minimum Gasteiger partial charge on any atom is -0.278 e. The summed E-state index contributed by atoms with van der Waals surface area (Å²) in [6.07, 6.45) is 8.50. The van der Waals surface area contributed by atoms with Gasteiger partial charge in [-0.15, -0.1) is 0 Å². The van der Waals surface area contributed by atoms with Gasteiger partial charge in [0.2, 0.25) is 12.3 Å². The summed E-state index contributed by atoms with van der Waals surface area (Å²) in [6, 6.07) is 9.75. The summed E-state index contributed by atoms with van der Waals surface area (Å²) in [5.74, 6) is 0.447. The molecule has 0 bridgehead atoms. The number of hydroxylamine groups is 2. The summed E-state index contributed by atoms with van der Waals surface area (Å²) < 4.78 is 0. The van der Waals surface area contributed by atoms with Crippen molar-refractivity contribution in [3.05, 3.63) is 35.9 Å². The molecule has 0 aromatic heterocycles. The van der Waals surface area contributed by atoms with Crippen molar-refractivity contribution in [2.45, 2.75) is 51.6 Å². The number of hydrazine groups is 1. The lowest BCUT2D eigenvalue weighted by atomic mass is 9.92. The number of carbonyl (C=O) groups excluding carboxylic acids is 2. The predicted octanol–water partition coefficient (Wildman–Crippen LogP) is 2.90. The van der Waals surface area contributed by atoms with Gasteiger partial charge in [0, 0.05) is 13.1 Å². The average molecular weight is 373 g/mol. The number of nitrogens with zero attached hydrogens (tertiary/aromatic N) is 2. The van der Waals surface area contributed by atoms with E-state index in [1.165, 1.54) is 30.7 Å². The van der Waals surface area contributed by atoms with Gasteiger partial charge in [-0.1, -0.05) is 56.0 Å². The molecule has 148 valence electrons. The van der Waals surface area contributed by atoms with Crippen LogP contribution >= 0.6 is 0 Å². The molecule has 1 aromatic carbocycles. The van der Waals surface area contributed by atoms with E-state index in [4.69, 9.17) is 4.84 Å². The molecule has 1 aliphatic carbocycles. The molecule has 0 radical (unpaired) electrons. The molecular weight excluding hydrogens is 342 g/mol. The number of nitrogens with one attached hydrogen (secondary N) is 1. The molecule has 1 saturated carbocycles. The highest BCUT2D eigenvalue weighted by Gasteiger charge is 2.31. The van der Waals surface area contributed by atoms with Crippen LogP contribution in [0.5, 0.6) is 0 Å². The van der Waals surface area contributed by atoms with Crippen molar-refractivity contribution in [3.8, 4) is 0 Å². The fraction of sp³-hybridized carbons (Fsp3) is 0.619. The number of carbonyl (C=O) groups is 2. The Morgan fingerprint density at radius 2 is 2.00 bits per heavy atom. The van der Waals surface area contributed by atoms with E-state index in [2.05, 4.69) is 5.43 Å². The third-order valence-electron chi connectivity index (χ3n) is 5.58. The third kappa shape index (κ3) is 6.04. The van der Waals surface area contributed by atoms with Gasteiger partial charge in [-0.25, -0.2) is 10.5 Å². The zero-order chi connectivity index (χ0) is 18.9. The Labute approximate surface area is 161 Å². The first-order valence-corrected chi connectivity index (χ1v) is 10.2. The maximum Gasteiger partial charge on any atom is 0.241 e. The second-order valence-electron chi connectivity index (χ2n) is 7.65. The van der Waals surface area contributed by atoms with Gasteiger partial charge < -0.3 is 0 Å². The lowest BCUT2D eigenvalue weighted by molar-refractivity contribution is -0.184. The summed E-state index contributed by atoms with van der Waals surface area (Å²) in [7, 11) is 0. The van der Waals surface area contributed by atoms with Crippen molar-refractivity contribution < 1.29 is 14.4 Å². The van der Waals surface area contributed by atoms with Gasteiger partial charge in [0.05, 0.1) is 12.5 Å². The molecular formula is C21H31N3O3. The van der Waals surface area contributed by atoms with Crippen LogP contribution in [0.1, 0.15) is 50.5 Å². The van der Waals surface area contributed by atoms with E-state index in [0.717, 1.165) is 37.9 Å². The second kappa shape index (κ2) is 10.4. The first-order valence-electron chi connectivity index (χ1n) is 10.2. The molecule has 1 atom stereocenters. The quantitative estimate of drug-likeness (QED) is 0.534. The van der Waals surface area contributed by atoms with Gasteiger partial charge >= 0.3 is 0 Å². The fourth-order valence-corrected chi connectivity index (χ4v) is 4.07. The van der Waals surface area contributed by atoms with Gasteiger partial charge in [-0.3, -0.25) is 19.4 Å². The molecule has 2 aliphatic rings. The number of benzene rings is 1. The molecule has 27 heavy (non-hydrogen) atoms. The summed E-state index contributed by atoms with van der Waals surface area (Å²) >= 11 is 0. The van der Waals surface area contributed by atoms with Crippen molar-refractivity contribution in [1.29, 1.82) is 0 Å². The summed E-state index contributed by atoms with van der Waals surface area (Å²) in [6.45, 7) is 2.21. The average Bonchev–Trinajstić information content (AvgIpc) is 3.24. The number of hydrogen-bond donors (Lipinski definition) is 1. The number of hydrogen-bond acceptors (Lipinski definition) is 4. The molecule has 2 amide bonds. The minimum absolute atomic E-state index is 0.0942. The molecule has 1 heterocycles. The van der Waals surface area contributed by atoms with Gasteiger partial charge in [-0.05, 0) is 30.7 Å². The van der Waals surface area contributed by atoms with Crippen molar-refractivity contribution in [2.75, 3.05) is 19.6 Å². The first-order chi connectivity index (χ1) is 13.3. The van der Waals surface area contributed by atoms with E-state index in [1.54, 1.807) is 5.01 Å². The number of amides is 2. The molecule has 1 saturated heterocycles. The van der Waals surface area contributed by atoms with Crippen LogP contribution in [-0.2, 0) is 21.0 Å². The molecule has 0 unspecified atom stereocenters. The molecule has 0 spiro atoms. The Morgan fingerprint density at radius 1 is 1.22 bits per heavy atom. The zero-order valence-electron chi connectivity index (χ0n) is 16.0. The largest absolute Gasteiger partial charge is 0.278 e. The predicted molar refractivity (Wildman–Crippen MR) is 103 cm³/mol. The summed E-state index contributed by atoms with van der Waals surface area (Å²) in [4.78, 5) is 30.3. The number of rotatable bonds is 9. The normalized spacial score (nSPS) is 19.0. The Hall–Kier alpha value is -1.92. The van der Waals surface area contributed by atoms with Crippen LogP contribution in [-0.4, -0.2) is 42.0 Å². The van der Waals surface area contributed by atoms with Crippen molar-refractivity contribution in [3.63, 3.8) is 0 Å². The highest BCUT2D eigenvalue weighted by molar-refractivity contribution is 5.79. The van der Waals surface area contributed by atoms with Gasteiger partial charge in [-0.2, -0.15) is 0 Å². The molecule has 3 rings (SSSR count). The molecule has 1 N–H and O–H groups in total. The topological polar surface area (TPSA) is 61.9 Å². The van der Waals surface area contributed by atoms with Gasteiger partial charge in [0.15, 0.2) is 0 Å². The third-order valence-corrected chi connectivity index (χ3v) is 5.58. The highest BCUT2D eigenvalue weighted by atomic mass is 16.7. The maximum absolute atomic E-state index is 13.1. The maximum atomic E-state index is 13.1. The first kappa shape index (κ1) is 19.8. The summed E-state index contributed by atoms with van der Waals surface area (Å²) in [5.41, 5.74) is 4.21. The summed E-state index contributed by atoms with van der Waals surface area (Å²) in [5, 5.41) is 3.05. The molecule has 6 heteroatoms. The van der Waals surface area contributed by atoms with E-state index in [0.29, 0.717) is 25.5 Å². The van der Waals surface area contributed by atoms with Crippen LogP contribution in [0.2, 0.25) is 0 Å². The molecule has 6 nitrogen and oxygen atoms in total.